The van der Waals surface area contributed by atoms with Gasteiger partial charge in [0.2, 0.25) is 0 Å². The van der Waals surface area contributed by atoms with Gasteiger partial charge in [0.25, 0.3) is 0 Å². The van der Waals surface area contributed by atoms with Crippen molar-refractivity contribution in [3.63, 3.8) is 0 Å². The van der Waals surface area contributed by atoms with Gasteiger partial charge in [-0.05, 0) is 124 Å². The minimum Gasteiger partial charge on any atom is -0.330 e. The van der Waals surface area contributed by atoms with Crippen LogP contribution in [0.25, 0.3) is 5.70 Å². The smallest absolute Gasteiger partial charge is 0.133 e. The van der Waals surface area contributed by atoms with Crippen molar-refractivity contribution in [2.45, 2.75) is 144 Å². The van der Waals surface area contributed by atoms with Crippen LogP contribution in [0.4, 0.5) is 5.82 Å². The van der Waals surface area contributed by atoms with E-state index >= 15 is 0 Å². The molecule has 0 saturated heterocycles. The standard InChI is InChI=1S/C39H53N3.C5H10/c1-7-30-13-14-33(25-28(30)2)39-21-18-38(19-22-39,20-23-39)27-42(29(3)31-11-9-8-10-12-31)36-26-32(17-24-40-36)34-15-16-35(41-34)37(4,5)6;1-4-5(2)3/h13-15,17,24-26,31H,3,7-12,16,18-23,27H2,1-2,4-6H3;2,4H2,1,3H3. The quantitative estimate of drug-likeness (QED) is 0.257. The lowest BCUT2D eigenvalue weighted by Gasteiger charge is -2.55. The van der Waals surface area contributed by atoms with Gasteiger partial charge in [-0.3, -0.25) is 4.99 Å². The molecule has 1 aliphatic heterocycles. The highest BCUT2D eigenvalue weighted by atomic mass is 15.2. The Labute approximate surface area is 287 Å². The van der Waals surface area contributed by atoms with Gasteiger partial charge < -0.3 is 4.90 Å². The van der Waals surface area contributed by atoms with Crippen LogP contribution in [-0.2, 0) is 11.8 Å². The third-order valence-corrected chi connectivity index (χ3v) is 12.2. The minimum absolute atomic E-state index is 0.0997. The number of aliphatic imine (C=N–C) groups is 1. The summed E-state index contributed by atoms with van der Waals surface area (Å²) in [6.45, 7) is 25.0. The van der Waals surface area contributed by atoms with E-state index in [9.17, 15) is 0 Å². The Morgan fingerprint density at radius 3 is 2.15 bits per heavy atom. The zero-order valence-corrected chi connectivity index (χ0v) is 31.0. The van der Waals surface area contributed by atoms with Gasteiger partial charge in [-0.15, -0.1) is 6.58 Å². The number of benzene rings is 1. The second-order valence-corrected chi connectivity index (χ2v) is 16.5. The van der Waals surface area contributed by atoms with E-state index in [0.717, 1.165) is 37.3 Å². The number of aromatic nitrogens is 1. The van der Waals surface area contributed by atoms with Crippen molar-refractivity contribution in [2.75, 3.05) is 11.4 Å². The van der Waals surface area contributed by atoms with Crippen LogP contribution < -0.4 is 4.90 Å². The zero-order chi connectivity index (χ0) is 33.8. The zero-order valence-electron chi connectivity index (χ0n) is 31.0. The lowest BCUT2D eigenvalue weighted by atomic mass is 9.51. The van der Waals surface area contributed by atoms with Crippen LogP contribution >= 0.6 is 0 Å². The molecule has 1 aromatic carbocycles. The van der Waals surface area contributed by atoms with E-state index in [1.807, 2.05) is 13.1 Å². The first-order valence-electron chi connectivity index (χ1n) is 18.8. The maximum atomic E-state index is 5.08. The lowest BCUT2D eigenvalue weighted by molar-refractivity contribution is 0.0459. The summed E-state index contributed by atoms with van der Waals surface area (Å²) in [6.07, 6.45) is 21.9. The fourth-order valence-electron chi connectivity index (χ4n) is 8.49. The Bertz CT molecular complexity index is 1470. The van der Waals surface area contributed by atoms with Crippen molar-refractivity contribution < 1.29 is 0 Å². The van der Waals surface area contributed by atoms with Gasteiger partial charge in [-0.25, -0.2) is 4.98 Å². The highest BCUT2D eigenvalue weighted by Crippen LogP contribution is 2.58. The van der Waals surface area contributed by atoms with Crippen molar-refractivity contribution in [1.82, 2.24) is 4.98 Å². The molecule has 5 aliphatic rings. The first-order chi connectivity index (χ1) is 22.4. The Morgan fingerprint density at radius 2 is 1.60 bits per heavy atom. The molecule has 0 unspecified atom stereocenters. The number of rotatable bonds is 9. The topological polar surface area (TPSA) is 28.5 Å². The summed E-state index contributed by atoms with van der Waals surface area (Å²) in [7, 11) is 0. The Balaban J connectivity index is 0.000000807. The van der Waals surface area contributed by atoms with Crippen LogP contribution in [-0.4, -0.2) is 17.2 Å². The van der Waals surface area contributed by atoms with Gasteiger partial charge in [0.15, 0.2) is 0 Å². The van der Waals surface area contributed by atoms with Crippen molar-refractivity contribution in [1.29, 1.82) is 0 Å². The highest BCUT2D eigenvalue weighted by Gasteiger charge is 2.50. The van der Waals surface area contributed by atoms with Gasteiger partial charge in [-0.2, -0.15) is 0 Å². The fraction of sp³-hybridized carbons (Fsp3) is 0.591. The van der Waals surface area contributed by atoms with Crippen LogP contribution in [0.2, 0.25) is 0 Å². The number of nitrogens with zero attached hydrogens (tertiary/aromatic N) is 3. The van der Waals surface area contributed by atoms with Gasteiger partial charge in [0.05, 0.1) is 5.70 Å². The first-order valence-corrected chi connectivity index (χ1v) is 18.8. The van der Waals surface area contributed by atoms with Gasteiger partial charge in [0.1, 0.15) is 5.82 Å². The third kappa shape index (κ3) is 8.03. The molecule has 0 spiro atoms. The number of anilines is 1. The monoisotopic (exact) mass is 634 g/mol. The van der Waals surface area contributed by atoms with Crippen molar-refractivity contribution >= 4 is 17.2 Å². The van der Waals surface area contributed by atoms with E-state index in [-0.39, 0.29) is 5.41 Å². The molecule has 1 aromatic heterocycles. The maximum Gasteiger partial charge on any atom is 0.133 e. The number of pyridine rings is 1. The maximum absolute atomic E-state index is 5.08. The van der Waals surface area contributed by atoms with Gasteiger partial charge >= 0.3 is 0 Å². The second kappa shape index (κ2) is 14.7. The van der Waals surface area contributed by atoms with Gasteiger partial charge in [-0.1, -0.05) is 90.3 Å². The molecule has 2 aromatic rings. The molecule has 2 bridgehead atoms. The SMILES string of the molecule is C=C(C)CC.C=C(C1CCCCC1)N(CC12CCC(c3ccc(CC)c(C)c3)(CC1)CC2)c1cc(C2=CCC(C(C)(C)C)=N2)ccn1. The number of hydrogen-bond donors (Lipinski definition) is 0. The van der Waals surface area contributed by atoms with Crippen LogP contribution in [0, 0.1) is 23.7 Å². The summed E-state index contributed by atoms with van der Waals surface area (Å²) < 4.78 is 0. The number of allylic oxidation sites excluding steroid dienone is 3. The van der Waals surface area contributed by atoms with Crippen molar-refractivity contribution in [3.8, 4) is 0 Å². The lowest BCUT2D eigenvalue weighted by Crippen LogP contribution is -2.49. The molecule has 254 valence electrons. The summed E-state index contributed by atoms with van der Waals surface area (Å²) in [4.78, 5) is 12.7. The van der Waals surface area contributed by atoms with E-state index in [1.165, 1.54) is 104 Å². The summed E-state index contributed by atoms with van der Waals surface area (Å²) in [5.41, 5.74) is 11.5. The summed E-state index contributed by atoms with van der Waals surface area (Å²) in [5, 5.41) is 0. The summed E-state index contributed by atoms with van der Waals surface area (Å²) in [5.74, 6) is 1.65. The summed E-state index contributed by atoms with van der Waals surface area (Å²) in [6, 6.07) is 11.8. The van der Waals surface area contributed by atoms with Crippen LogP contribution in [0.3, 0.4) is 0 Å². The van der Waals surface area contributed by atoms with Crippen molar-refractivity contribution in [3.05, 3.63) is 89.3 Å². The predicted octanol–water partition coefficient (Wildman–Crippen LogP) is 12.3. The molecule has 3 heteroatoms. The molecule has 0 amide bonds. The van der Waals surface area contributed by atoms with Crippen LogP contribution in [0.5, 0.6) is 0 Å². The predicted molar refractivity (Wildman–Crippen MR) is 204 cm³/mol. The average molecular weight is 634 g/mol. The van der Waals surface area contributed by atoms with E-state index in [1.54, 1.807) is 5.56 Å². The first kappa shape index (κ1) is 35.4. The molecule has 7 rings (SSSR count). The average Bonchev–Trinajstić information content (AvgIpc) is 3.60. The molecule has 2 heterocycles. The molecule has 0 radical (unpaired) electrons. The molecule has 3 nitrogen and oxygen atoms in total. The van der Waals surface area contributed by atoms with Crippen molar-refractivity contribution in [2.24, 2.45) is 21.7 Å². The van der Waals surface area contributed by atoms with E-state index < -0.39 is 0 Å². The Morgan fingerprint density at radius 1 is 0.936 bits per heavy atom. The van der Waals surface area contributed by atoms with E-state index in [2.05, 4.69) is 89.4 Å². The van der Waals surface area contributed by atoms with E-state index in [4.69, 9.17) is 16.6 Å². The third-order valence-electron chi connectivity index (χ3n) is 12.2. The molecular weight excluding hydrogens is 571 g/mol. The van der Waals surface area contributed by atoms with Gasteiger partial charge in [0, 0.05) is 41.5 Å². The minimum atomic E-state index is 0.0997. The fourth-order valence-corrected chi connectivity index (χ4v) is 8.49. The molecule has 4 fully saturated rings. The Kier molecular flexibility index (Phi) is 11.0. The molecule has 4 saturated carbocycles. The summed E-state index contributed by atoms with van der Waals surface area (Å²) >= 11 is 0. The second-order valence-electron chi connectivity index (χ2n) is 16.5. The molecule has 47 heavy (non-hydrogen) atoms. The normalized spacial score (nSPS) is 24.2. The molecule has 0 N–H and O–H groups in total. The molecule has 0 atom stereocenters. The number of hydrogen-bond acceptors (Lipinski definition) is 3. The number of fused-ring (bicyclic) bond motifs is 3. The number of aryl methyl sites for hydroxylation is 2. The molecule has 4 aliphatic carbocycles. The Hall–Kier alpha value is -2.94. The largest absolute Gasteiger partial charge is 0.330 e. The highest BCUT2D eigenvalue weighted by molar-refractivity contribution is 5.99. The van der Waals surface area contributed by atoms with E-state index in [0.29, 0.717) is 16.7 Å². The van der Waals surface area contributed by atoms with Crippen LogP contribution in [0.1, 0.15) is 147 Å². The van der Waals surface area contributed by atoms with Crippen LogP contribution in [0.15, 0.2) is 72.0 Å². The molecular formula is C44H63N3.